The Morgan fingerprint density at radius 1 is 1.30 bits per heavy atom. The molecule has 0 bridgehead atoms. The zero-order valence-corrected chi connectivity index (χ0v) is 12.7. The average Bonchev–Trinajstić information content (AvgIpc) is 2.42. The van der Waals surface area contributed by atoms with Gasteiger partial charge in [0.25, 0.3) is 0 Å². The summed E-state index contributed by atoms with van der Waals surface area (Å²) in [6.07, 6.45) is 0.674. The maximum absolute atomic E-state index is 12.2. The minimum absolute atomic E-state index is 0.0675. The summed E-state index contributed by atoms with van der Waals surface area (Å²) in [6, 6.07) is 4.52. The highest BCUT2D eigenvalue weighted by molar-refractivity contribution is 7.89. The van der Waals surface area contributed by atoms with E-state index < -0.39 is 16.1 Å². The molecule has 7 heteroatoms. The van der Waals surface area contributed by atoms with Gasteiger partial charge < -0.3 is 14.6 Å². The van der Waals surface area contributed by atoms with Crippen LogP contribution in [0.1, 0.15) is 19.8 Å². The van der Waals surface area contributed by atoms with Crippen molar-refractivity contribution < 1.29 is 23.0 Å². The molecule has 0 saturated carbocycles. The lowest BCUT2D eigenvalue weighted by Crippen LogP contribution is -2.25. The van der Waals surface area contributed by atoms with E-state index in [2.05, 4.69) is 4.72 Å². The Labute approximate surface area is 119 Å². The zero-order valence-electron chi connectivity index (χ0n) is 11.9. The zero-order chi connectivity index (χ0) is 15.2. The summed E-state index contributed by atoms with van der Waals surface area (Å²) < 4.78 is 36.9. The summed E-state index contributed by atoms with van der Waals surface area (Å²) in [5.74, 6) is 0.752. The number of sulfonamides is 1. The molecule has 0 spiro atoms. The monoisotopic (exact) mass is 303 g/mol. The van der Waals surface area contributed by atoms with Crippen LogP contribution in [0.4, 0.5) is 0 Å². The van der Waals surface area contributed by atoms with Crippen LogP contribution in [0.25, 0.3) is 0 Å². The van der Waals surface area contributed by atoms with Crippen LogP contribution < -0.4 is 14.2 Å². The fourth-order valence-corrected chi connectivity index (χ4v) is 2.90. The van der Waals surface area contributed by atoms with Gasteiger partial charge in [0.2, 0.25) is 10.0 Å². The smallest absolute Gasteiger partial charge is 0.244 e. The Hall–Kier alpha value is -1.31. The highest BCUT2D eigenvalue weighted by Crippen LogP contribution is 2.28. The lowest BCUT2D eigenvalue weighted by molar-refractivity contribution is 0.182. The van der Waals surface area contributed by atoms with Gasteiger partial charge in [0.05, 0.1) is 20.3 Å². The molecule has 0 heterocycles. The normalized spacial score (nSPS) is 13.0. The molecule has 1 unspecified atom stereocenters. The van der Waals surface area contributed by atoms with Crippen LogP contribution in [0.2, 0.25) is 0 Å². The maximum Gasteiger partial charge on any atom is 0.244 e. The van der Waals surface area contributed by atoms with Crippen LogP contribution in [0.3, 0.4) is 0 Å². The molecule has 114 valence electrons. The molecule has 1 aromatic carbocycles. The first kappa shape index (κ1) is 16.7. The van der Waals surface area contributed by atoms with Crippen molar-refractivity contribution in [2.24, 2.45) is 0 Å². The third-order valence-corrected chi connectivity index (χ3v) is 4.25. The number of hydrogen-bond donors (Lipinski definition) is 2. The molecule has 0 radical (unpaired) electrons. The molecule has 6 nitrogen and oxygen atoms in total. The van der Waals surface area contributed by atoms with Crippen molar-refractivity contribution in [3.63, 3.8) is 0 Å². The molecule has 1 atom stereocenters. The summed E-state index contributed by atoms with van der Waals surface area (Å²) in [5, 5.41) is 9.13. The van der Waals surface area contributed by atoms with Crippen LogP contribution in [0.5, 0.6) is 11.5 Å². The van der Waals surface area contributed by atoms with Crippen LogP contribution >= 0.6 is 0 Å². The molecule has 0 aromatic heterocycles. The van der Waals surface area contributed by atoms with Gasteiger partial charge in [-0.05, 0) is 31.9 Å². The molecule has 0 fully saturated rings. The third kappa shape index (κ3) is 4.66. The number of aliphatic hydroxyl groups excluding tert-OH is 1. The summed E-state index contributed by atoms with van der Waals surface area (Å²) >= 11 is 0. The van der Waals surface area contributed by atoms with E-state index in [9.17, 15) is 8.42 Å². The number of hydrogen-bond acceptors (Lipinski definition) is 5. The Balaban J connectivity index is 2.81. The topological polar surface area (TPSA) is 84.9 Å². The number of ether oxygens (including phenoxy) is 2. The number of methoxy groups -OCH3 is 2. The largest absolute Gasteiger partial charge is 0.497 e. The predicted molar refractivity (Wildman–Crippen MR) is 75.6 cm³/mol. The van der Waals surface area contributed by atoms with Crippen LogP contribution in [-0.2, 0) is 10.0 Å². The fraction of sp³-hybridized carbons (Fsp3) is 0.538. The number of aliphatic hydroxyl groups is 1. The lowest BCUT2D eigenvalue weighted by Gasteiger charge is -2.12. The van der Waals surface area contributed by atoms with Gasteiger partial charge in [-0.15, -0.1) is 0 Å². The fourth-order valence-electron chi connectivity index (χ4n) is 1.68. The second kappa shape index (κ2) is 7.47. The molecular formula is C13H21NO5S. The van der Waals surface area contributed by atoms with E-state index in [1.54, 1.807) is 13.0 Å². The Bertz CT molecular complexity index is 528. The van der Waals surface area contributed by atoms with E-state index in [0.717, 1.165) is 0 Å². The first-order valence-corrected chi connectivity index (χ1v) is 7.78. The van der Waals surface area contributed by atoms with Crippen molar-refractivity contribution in [1.82, 2.24) is 4.72 Å². The lowest BCUT2D eigenvalue weighted by atomic mass is 10.2. The first-order valence-electron chi connectivity index (χ1n) is 6.30. The molecule has 0 saturated heterocycles. The van der Waals surface area contributed by atoms with E-state index >= 15 is 0 Å². The molecule has 2 N–H and O–H groups in total. The SMILES string of the molecule is COc1ccc(S(=O)(=O)NCCCC(C)O)c(OC)c1. The molecule has 0 amide bonds. The Morgan fingerprint density at radius 3 is 2.55 bits per heavy atom. The van der Waals surface area contributed by atoms with E-state index in [-0.39, 0.29) is 17.2 Å². The highest BCUT2D eigenvalue weighted by atomic mass is 32.2. The molecular weight excluding hydrogens is 282 g/mol. The first-order chi connectivity index (χ1) is 9.40. The molecule has 0 aliphatic rings. The van der Waals surface area contributed by atoms with Gasteiger partial charge in [0.15, 0.2) is 0 Å². The van der Waals surface area contributed by atoms with Crippen molar-refractivity contribution in [3.8, 4) is 11.5 Å². The molecule has 0 aliphatic carbocycles. The predicted octanol–water partition coefficient (Wildman–Crippen LogP) is 1.14. The van der Waals surface area contributed by atoms with Crippen LogP contribution in [0.15, 0.2) is 23.1 Å². The second-order valence-corrected chi connectivity index (χ2v) is 6.14. The second-order valence-electron chi connectivity index (χ2n) is 4.41. The van der Waals surface area contributed by atoms with Gasteiger partial charge in [-0.3, -0.25) is 0 Å². The van der Waals surface area contributed by atoms with Gasteiger partial charge in [0, 0.05) is 12.6 Å². The van der Waals surface area contributed by atoms with Gasteiger partial charge in [-0.1, -0.05) is 0 Å². The van der Waals surface area contributed by atoms with Crippen molar-refractivity contribution >= 4 is 10.0 Å². The molecule has 0 aliphatic heterocycles. The van der Waals surface area contributed by atoms with Crippen LogP contribution in [0, 0.1) is 0 Å². The molecule has 1 rings (SSSR count). The van der Waals surface area contributed by atoms with Crippen molar-refractivity contribution in [3.05, 3.63) is 18.2 Å². The third-order valence-electron chi connectivity index (χ3n) is 2.75. The quantitative estimate of drug-likeness (QED) is 0.704. The van der Waals surface area contributed by atoms with E-state index in [4.69, 9.17) is 14.6 Å². The standard InChI is InChI=1S/C13H21NO5S/c1-10(15)5-4-8-14-20(16,17)13-7-6-11(18-2)9-12(13)19-3/h6-7,9-10,14-15H,4-5,8H2,1-3H3. The Kier molecular flexibility index (Phi) is 6.25. The van der Waals surface area contributed by atoms with E-state index in [1.807, 2.05) is 0 Å². The number of rotatable bonds is 8. The molecule has 20 heavy (non-hydrogen) atoms. The van der Waals surface area contributed by atoms with Crippen molar-refractivity contribution in [2.45, 2.75) is 30.8 Å². The van der Waals surface area contributed by atoms with Gasteiger partial charge in [-0.2, -0.15) is 0 Å². The molecule has 1 aromatic rings. The summed E-state index contributed by atoms with van der Waals surface area (Å²) in [6.45, 7) is 1.93. The summed E-state index contributed by atoms with van der Waals surface area (Å²) in [4.78, 5) is 0.0675. The highest BCUT2D eigenvalue weighted by Gasteiger charge is 2.19. The van der Waals surface area contributed by atoms with Crippen molar-refractivity contribution in [2.75, 3.05) is 20.8 Å². The average molecular weight is 303 g/mol. The number of benzene rings is 1. The van der Waals surface area contributed by atoms with E-state index in [1.165, 1.54) is 26.4 Å². The Morgan fingerprint density at radius 2 is 2.00 bits per heavy atom. The number of nitrogens with one attached hydrogen (secondary N) is 1. The van der Waals surface area contributed by atoms with E-state index in [0.29, 0.717) is 18.6 Å². The maximum atomic E-state index is 12.2. The van der Waals surface area contributed by atoms with Crippen molar-refractivity contribution in [1.29, 1.82) is 0 Å². The summed E-state index contributed by atoms with van der Waals surface area (Å²) in [7, 11) is -0.737. The van der Waals surface area contributed by atoms with Crippen LogP contribution in [-0.4, -0.2) is 40.4 Å². The summed E-state index contributed by atoms with van der Waals surface area (Å²) in [5.41, 5.74) is 0. The minimum Gasteiger partial charge on any atom is -0.497 e. The van der Waals surface area contributed by atoms with Gasteiger partial charge >= 0.3 is 0 Å². The van der Waals surface area contributed by atoms with Gasteiger partial charge in [-0.25, -0.2) is 13.1 Å². The minimum atomic E-state index is -3.64. The van der Waals surface area contributed by atoms with Gasteiger partial charge in [0.1, 0.15) is 16.4 Å².